The summed E-state index contributed by atoms with van der Waals surface area (Å²) < 4.78 is 9.18. The number of nitrogens with zero attached hydrogens (tertiary/aromatic N) is 6. The summed E-state index contributed by atoms with van der Waals surface area (Å²) in [5.74, 6) is 0. The van der Waals surface area contributed by atoms with Crippen LogP contribution in [0.5, 0.6) is 0 Å². The number of hydrogen-bond acceptors (Lipinski definition) is 7. The fraction of sp³-hybridized carbons (Fsp3) is 0.444. The van der Waals surface area contributed by atoms with Crippen molar-refractivity contribution in [3.05, 3.63) is 52.6 Å². The Morgan fingerprint density at radius 1 is 1.11 bits per heavy atom. The maximum absolute atomic E-state index is 13.6. The Labute approximate surface area is 215 Å². The highest BCUT2D eigenvalue weighted by Gasteiger charge is 2.28. The molecule has 0 saturated carbocycles. The minimum absolute atomic E-state index is 0.0383. The van der Waals surface area contributed by atoms with Gasteiger partial charge in [-0.25, -0.2) is 19.7 Å². The third-order valence-electron chi connectivity index (χ3n) is 6.69. The quantitative estimate of drug-likeness (QED) is 0.443. The second-order valence-corrected chi connectivity index (χ2v) is 10.6. The van der Waals surface area contributed by atoms with Crippen LogP contribution >= 0.6 is 0 Å². The van der Waals surface area contributed by atoms with Crippen molar-refractivity contribution in [1.82, 2.24) is 28.8 Å². The van der Waals surface area contributed by atoms with E-state index in [4.69, 9.17) is 9.72 Å². The summed E-state index contributed by atoms with van der Waals surface area (Å²) in [6.45, 7) is 10.5. The Kier molecular flexibility index (Phi) is 6.13. The van der Waals surface area contributed by atoms with Crippen molar-refractivity contribution < 1.29 is 9.53 Å². The molecule has 0 radical (unpaired) electrons. The molecule has 1 aliphatic rings. The van der Waals surface area contributed by atoms with Gasteiger partial charge in [0, 0.05) is 49.8 Å². The van der Waals surface area contributed by atoms with Gasteiger partial charge in [-0.1, -0.05) is 0 Å². The van der Waals surface area contributed by atoms with Crippen molar-refractivity contribution in [3.8, 4) is 11.3 Å². The van der Waals surface area contributed by atoms with Gasteiger partial charge in [0.15, 0.2) is 5.65 Å². The third kappa shape index (κ3) is 4.75. The lowest BCUT2D eigenvalue weighted by Crippen LogP contribution is -2.43. The van der Waals surface area contributed by atoms with Crippen molar-refractivity contribution in [1.29, 1.82) is 0 Å². The summed E-state index contributed by atoms with van der Waals surface area (Å²) in [6, 6.07) is 3.81. The minimum Gasteiger partial charge on any atom is -0.444 e. The number of fused-ring (bicyclic) bond motifs is 2. The molecule has 0 bridgehead atoms. The number of aryl methyl sites for hydroxylation is 2. The van der Waals surface area contributed by atoms with Crippen LogP contribution < -0.4 is 10.9 Å². The molecule has 1 N–H and O–H groups in total. The van der Waals surface area contributed by atoms with Crippen LogP contribution in [0.1, 0.15) is 51.0 Å². The molecule has 4 aromatic rings. The van der Waals surface area contributed by atoms with Crippen LogP contribution in [-0.2, 0) is 4.74 Å². The van der Waals surface area contributed by atoms with E-state index >= 15 is 0 Å². The summed E-state index contributed by atoms with van der Waals surface area (Å²) in [5, 5.41) is 3.72. The Balaban J connectivity index is 1.46. The van der Waals surface area contributed by atoms with Crippen molar-refractivity contribution in [3.63, 3.8) is 0 Å². The van der Waals surface area contributed by atoms with E-state index in [1.807, 2.05) is 63.5 Å². The van der Waals surface area contributed by atoms with Gasteiger partial charge < -0.3 is 19.4 Å². The molecule has 0 unspecified atom stereocenters. The number of likely N-dealkylation sites (tertiary alicyclic amines) is 1. The van der Waals surface area contributed by atoms with Crippen molar-refractivity contribution in [2.24, 2.45) is 0 Å². The first-order chi connectivity index (χ1) is 17.5. The van der Waals surface area contributed by atoms with E-state index in [-0.39, 0.29) is 17.7 Å². The van der Waals surface area contributed by atoms with Crippen LogP contribution in [0.25, 0.3) is 27.8 Å². The highest BCUT2D eigenvalue weighted by Crippen LogP contribution is 2.29. The summed E-state index contributed by atoms with van der Waals surface area (Å²) in [5.41, 5.74) is 4.91. The zero-order valence-corrected chi connectivity index (χ0v) is 22.2. The van der Waals surface area contributed by atoms with Crippen LogP contribution in [0.4, 0.5) is 10.5 Å². The molecule has 1 fully saturated rings. The van der Waals surface area contributed by atoms with Gasteiger partial charge in [0.25, 0.3) is 5.56 Å². The van der Waals surface area contributed by atoms with E-state index in [9.17, 15) is 9.59 Å². The number of aromatic nitrogens is 5. The molecule has 4 heterocycles. The van der Waals surface area contributed by atoms with Gasteiger partial charge in [0.2, 0.25) is 0 Å². The fourth-order valence-corrected chi connectivity index (χ4v) is 4.93. The number of amides is 1. The second kappa shape index (κ2) is 9.17. The molecule has 0 aliphatic carbocycles. The van der Waals surface area contributed by atoms with E-state index in [2.05, 4.69) is 15.3 Å². The molecule has 0 atom stereocenters. The van der Waals surface area contributed by atoms with Crippen molar-refractivity contribution >= 4 is 28.3 Å². The van der Waals surface area contributed by atoms with E-state index in [1.165, 1.54) is 0 Å². The molecule has 1 aliphatic heterocycles. The minimum atomic E-state index is -0.535. The van der Waals surface area contributed by atoms with Gasteiger partial charge in [-0.3, -0.25) is 9.36 Å². The van der Waals surface area contributed by atoms with Crippen LogP contribution in [0.15, 0.2) is 35.6 Å². The molecule has 3 aromatic heterocycles. The third-order valence-corrected chi connectivity index (χ3v) is 6.69. The number of carbonyl (C=O) groups is 1. The van der Waals surface area contributed by atoms with Crippen LogP contribution in [0.2, 0.25) is 0 Å². The molecular formula is C27H33N7O3. The van der Waals surface area contributed by atoms with E-state index in [0.29, 0.717) is 42.5 Å². The highest BCUT2D eigenvalue weighted by molar-refractivity contribution is 5.94. The smallest absolute Gasteiger partial charge is 0.410 e. The number of ether oxygens (including phenoxy) is 1. The first-order valence-corrected chi connectivity index (χ1v) is 12.6. The maximum atomic E-state index is 13.6. The molecule has 10 heteroatoms. The number of anilines is 1. The predicted octanol–water partition coefficient (Wildman–Crippen LogP) is 4.34. The number of benzene rings is 1. The molecule has 0 spiro atoms. The lowest BCUT2D eigenvalue weighted by Gasteiger charge is -2.34. The van der Waals surface area contributed by atoms with Crippen LogP contribution in [0, 0.1) is 13.8 Å². The largest absolute Gasteiger partial charge is 0.444 e. The lowest BCUT2D eigenvalue weighted by atomic mass is 10.0. The number of carbonyl (C=O) groups excluding carboxylic acids is 1. The van der Waals surface area contributed by atoms with Gasteiger partial charge in [-0.05, 0) is 59.6 Å². The SMILES string of the molecule is CNc1cc(-c2cn3cc(C)nc3c(C)n2)cc2ncn(C3CCN(C(=O)OC(C)(C)C)CC3)c(=O)c12. The van der Waals surface area contributed by atoms with Gasteiger partial charge in [-0.15, -0.1) is 0 Å². The van der Waals surface area contributed by atoms with Crippen molar-refractivity contribution in [2.75, 3.05) is 25.5 Å². The van der Waals surface area contributed by atoms with Crippen LogP contribution in [0.3, 0.4) is 0 Å². The average Bonchev–Trinajstić information content (AvgIpc) is 3.23. The van der Waals surface area contributed by atoms with Gasteiger partial charge in [0.1, 0.15) is 5.60 Å². The van der Waals surface area contributed by atoms with Gasteiger partial charge in [-0.2, -0.15) is 0 Å². The maximum Gasteiger partial charge on any atom is 0.410 e. The molecule has 10 nitrogen and oxygen atoms in total. The van der Waals surface area contributed by atoms with E-state index < -0.39 is 5.60 Å². The standard InChI is InChI=1S/C27H33N7O3/c1-16-13-33-14-22(31-17(2)24(33)30-16)18-11-20(28-6)23-21(12-18)29-15-34(25(23)35)19-7-9-32(10-8-19)26(36)37-27(3,4)5/h11-15,19,28H,7-10H2,1-6H3. The molecule has 1 amide bonds. The van der Waals surface area contributed by atoms with Gasteiger partial charge >= 0.3 is 6.09 Å². The number of nitrogens with one attached hydrogen (secondary N) is 1. The average molecular weight is 504 g/mol. The second-order valence-electron chi connectivity index (χ2n) is 10.6. The number of rotatable bonds is 3. The zero-order chi connectivity index (χ0) is 26.5. The molecular weight excluding hydrogens is 470 g/mol. The number of imidazole rings is 1. The Morgan fingerprint density at radius 3 is 2.51 bits per heavy atom. The molecule has 5 rings (SSSR count). The van der Waals surface area contributed by atoms with E-state index in [1.54, 1.807) is 22.8 Å². The molecule has 1 aromatic carbocycles. The number of hydrogen-bond donors (Lipinski definition) is 1. The first-order valence-electron chi connectivity index (χ1n) is 12.6. The topological polar surface area (TPSA) is 107 Å². The Morgan fingerprint density at radius 2 is 1.84 bits per heavy atom. The summed E-state index contributed by atoms with van der Waals surface area (Å²) in [4.78, 5) is 41.7. The number of piperidine rings is 1. The first kappa shape index (κ1) is 24.7. The Bertz CT molecular complexity index is 1560. The highest BCUT2D eigenvalue weighted by atomic mass is 16.6. The normalized spacial score (nSPS) is 14.9. The van der Waals surface area contributed by atoms with E-state index in [0.717, 1.165) is 28.3 Å². The molecule has 194 valence electrons. The summed E-state index contributed by atoms with van der Waals surface area (Å²) >= 11 is 0. The Hall–Kier alpha value is -3.95. The van der Waals surface area contributed by atoms with Crippen molar-refractivity contribution in [2.45, 2.75) is 59.1 Å². The molecule has 1 saturated heterocycles. The lowest BCUT2D eigenvalue weighted by molar-refractivity contribution is 0.0187. The fourth-order valence-electron chi connectivity index (χ4n) is 4.93. The molecule has 37 heavy (non-hydrogen) atoms. The monoisotopic (exact) mass is 503 g/mol. The predicted molar refractivity (Wildman–Crippen MR) is 143 cm³/mol. The summed E-state index contributed by atoms with van der Waals surface area (Å²) in [7, 11) is 1.80. The van der Waals surface area contributed by atoms with Gasteiger partial charge in [0.05, 0.1) is 34.3 Å². The summed E-state index contributed by atoms with van der Waals surface area (Å²) in [6.07, 6.45) is 6.55. The zero-order valence-electron chi connectivity index (χ0n) is 22.2. The van der Waals surface area contributed by atoms with Crippen LogP contribution in [-0.4, -0.2) is 60.7 Å².